The molecule has 0 fully saturated rings. The Hall–Kier alpha value is -4.45. The Labute approximate surface area is 506 Å². The molecule has 6 nitrogen and oxygen atoms in total. The minimum Gasteiger partial charge on any atom is -0.462 e. The molecule has 466 valence electrons. The van der Waals surface area contributed by atoms with Crippen LogP contribution in [0.1, 0.15) is 310 Å². The van der Waals surface area contributed by atoms with Crippen LogP contribution in [0.4, 0.5) is 0 Å². The molecule has 0 bridgehead atoms. The first-order valence-electron chi connectivity index (χ1n) is 34.2. The summed E-state index contributed by atoms with van der Waals surface area (Å²) in [5, 5.41) is 0. The van der Waals surface area contributed by atoms with Crippen molar-refractivity contribution in [2.24, 2.45) is 0 Å². The third-order valence-electron chi connectivity index (χ3n) is 14.4. The van der Waals surface area contributed by atoms with Crippen molar-refractivity contribution in [1.29, 1.82) is 0 Å². The molecular weight excluding hydrogens is 1010 g/mol. The number of allylic oxidation sites excluding steroid dienone is 22. The Morgan fingerprint density at radius 2 is 0.476 bits per heavy atom. The summed E-state index contributed by atoms with van der Waals surface area (Å²) >= 11 is 0. The van der Waals surface area contributed by atoms with Crippen molar-refractivity contribution >= 4 is 17.9 Å². The molecule has 0 radical (unpaired) electrons. The molecule has 0 saturated carbocycles. The molecule has 0 spiro atoms. The van der Waals surface area contributed by atoms with Gasteiger partial charge >= 0.3 is 17.9 Å². The highest BCUT2D eigenvalue weighted by Gasteiger charge is 2.19. The van der Waals surface area contributed by atoms with Crippen molar-refractivity contribution in [3.8, 4) is 0 Å². The second kappa shape index (κ2) is 69.0. The molecule has 0 aromatic heterocycles. The van der Waals surface area contributed by atoms with E-state index in [0.29, 0.717) is 12.8 Å². The van der Waals surface area contributed by atoms with Crippen LogP contribution < -0.4 is 0 Å². The fraction of sp³-hybridized carbons (Fsp3) is 0.671. The van der Waals surface area contributed by atoms with Gasteiger partial charge in [-0.05, 0) is 135 Å². The number of ether oxygens (including phenoxy) is 3. The number of unbranched alkanes of at least 4 members (excludes halogenated alkanes) is 28. The van der Waals surface area contributed by atoms with Gasteiger partial charge in [-0.3, -0.25) is 14.4 Å². The molecular formula is C76H126O6. The molecule has 0 aromatic carbocycles. The minimum atomic E-state index is -0.805. The van der Waals surface area contributed by atoms with E-state index in [-0.39, 0.29) is 37.5 Å². The summed E-state index contributed by atoms with van der Waals surface area (Å²) in [6, 6.07) is 0. The van der Waals surface area contributed by atoms with E-state index in [1.807, 2.05) is 0 Å². The molecule has 0 aliphatic rings. The zero-order valence-electron chi connectivity index (χ0n) is 53.5. The molecule has 0 amide bonds. The summed E-state index contributed by atoms with van der Waals surface area (Å²) in [5.41, 5.74) is 0. The van der Waals surface area contributed by atoms with Crippen molar-refractivity contribution in [3.05, 3.63) is 134 Å². The largest absolute Gasteiger partial charge is 0.462 e. The van der Waals surface area contributed by atoms with Gasteiger partial charge in [0.05, 0.1) is 0 Å². The lowest BCUT2D eigenvalue weighted by atomic mass is 10.0. The first-order chi connectivity index (χ1) is 40.5. The summed E-state index contributed by atoms with van der Waals surface area (Å²) in [6.45, 7) is 6.40. The third kappa shape index (κ3) is 66.4. The number of hydrogen-bond donors (Lipinski definition) is 0. The summed E-state index contributed by atoms with van der Waals surface area (Å²) in [7, 11) is 0. The highest BCUT2D eigenvalue weighted by Crippen LogP contribution is 2.16. The zero-order valence-corrected chi connectivity index (χ0v) is 53.5. The number of esters is 3. The Balaban J connectivity index is 4.37. The van der Waals surface area contributed by atoms with Gasteiger partial charge in [-0.1, -0.05) is 289 Å². The van der Waals surface area contributed by atoms with E-state index >= 15 is 0 Å². The fourth-order valence-corrected chi connectivity index (χ4v) is 9.32. The van der Waals surface area contributed by atoms with E-state index in [4.69, 9.17) is 14.2 Å². The van der Waals surface area contributed by atoms with Crippen LogP contribution in [0.15, 0.2) is 134 Å². The van der Waals surface area contributed by atoms with Gasteiger partial charge in [0, 0.05) is 19.3 Å². The highest BCUT2D eigenvalue weighted by atomic mass is 16.6. The van der Waals surface area contributed by atoms with Crippen LogP contribution in [0.5, 0.6) is 0 Å². The number of carbonyl (C=O) groups excluding carboxylic acids is 3. The molecule has 0 aromatic rings. The average Bonchev–Trinajstić information content (AvgIpc) is 3.47. The topological polar surface area (TPSA) is 78.9 Å². The van der Waals surface area contributed by atoms with E-state index in [1.54, 1.807) is 0 Å². The Bertz CT molecular complexity index is 1730. The van der Waals surface area contributed by atoms with Crippen molar-refractivity contribution in [2.75, 3.05) is 13.2 Å². The Morgan fingerprint density at radius 3 is 0.768 bits per heavy atom. The molecule has 0 aliphatic heterocycles. The predicted octanol–water partition coefficient (Wildman–Crippen LogP) is 23.7. The van der Waals surface area contributed by atoms with Crippen LogP contribution in [-0.4, -0.2) is 37.2 Å². The Morgan fingerprint density at radius 1 is 0.256 bits per heavy atom. The van der Waals surface area contributed by atoms with Crippen LogP contribution in [0.25, 0.3) is 0 Å². The van der Waals surface area contributed by atoms with Gasteiger partial charge in [0.2, 0.25) is 0 Å². The smallest absolute Gasteiger partial charge is 0.306 e. The van der Waals surface area contributed by atoms with E-state index in [2.05, 4.69) is 154 Å². The van der Waals surface area contributed by atoms with Crippen molar-refractivity contribution in [2.45, 2.75) is 316 Å². The Kier molecular flexibility index (Phi) is 65.3. The van der Waals surface area contributed by atoms with E-state index in [1.165, 1.54) is 135 Å². The standard InChI is InChI=1S/C76H126O6/c1-4-7-10-13-16-19-22-25-28-31-33-34-35-36-37-38-39-40-41-42-44-45-48-51-54-57-60-63-66-69-75(78)81-72-73(71-80-74(77)68-65-62-59-56-53-50-47-30-27-24-21-18-15-12-9-6-3)82-76(79)70-67-64-61-58-55-52-49-46-43-32-29-26-23-20-17-14-11-8-5-2/h7-8,10-11,16-17,19-20,25-26,28-30,33-34,36-37,43,46-47,52,55,73H,4-6,9,12-15,18,21-24,27,31-32,35,38-42,44-45,48-51,53-54,56-72H2,1-3H3/b10-7-,11-8-,19-16-,20-17-,28-25-,29-26-,34-33-,37-36-,46-43-,47-30-,55-52-. The third-order valence-corrected chi connectivity index (χ3v) is 14.4. The first-order valence-corrected chi connectivity index (χ1v) is 34.2. The first kappa shape index (κ1) is 77.5. The second-order valence-electron chi connectivity index (χ2n) is 22.3. The van der Waals surface area contributed by atoms with Gasteiger partial charge in [-0.2, -0.15) is 0 Å². The van der Waals surface area contributed by atoms with Gasteiger partial charge in [0.1, 0.15) is 13.2 Å². The van der Waals surface area contributed by atoms with Crippen molar-refractivity contribution < 1.29 is 28.6 Å². The molecule has 0 heterocycles. The van der Waals surface area contributed by atoms with Gasteiger partial charge in [0.15, 0.2) is 6.10 Å². The molecule has 82 heavy (non-hydrogen) atoms. The molecule has 0 saturated heterocycles. The summed E-state index contributed by atoms with van der Waals surface area (Å²) < 4.78 is 16.9. The minimum absolute atomic E-state index is 0.0967. The maximum absolute atomic E-state index is 12.9. The van der Waals surface area contributed by atoms with Gasteiger partial charge in [0.25, 0.3) is 0 Å². The predicted molar refractivity (Wildman–Crippen MR) is 357 cm³/mol. The van der Waals surface area contributed by atoms with Gasteiger partial charge in [-0.25, -0.2) is 0 Å². The molecule has 1 unspecified atom stereocenters. The monoisotopic (exact) mass is 1130 g/mol. The lowest BCUT2D eigenvalue weighted by molar-refractivity contribution is -0.167. The SMILES string of the molecule is CC/C=C\C/C=C\C/C=C\C/C=C\C/C=C\CCCCCCCCCCCCCCCC(=O)OCC(COC(=O)CCCCCCC/C=C\CCCCCCCCC)OC(=O)CCCCC/C=C\C/C=C\C/C=C\C/C=C\C/C=C\CC. The number of rotatable bonds is 61. The van der Waals surface area contributed by atoms with Crippen LogP contribution >= 0.6 is 0 Å². The van der Waals surface area contributed by atoms with E-state index in [9.17, 15) is 14.4 Å². The number of carbonyl (C=O) groups is 3. The van der Waals surface area contributed by atoms with Crippen LogP contribution in [0.3, 0.4) is 0 Å². The summed E-state index contributed by atoms with van der Waals surface area (Å²) in [5.74, 6) is -0.932. The second-order valence-corrected chi connectivity index (χ2v) is 22.3. The summed E-state index contributed by atoms with van der Waals surface area (Å²) in [6.07, 6.45) is 97.5. The maximum atomic E-state index is 12.9. The van der Waals surface area contributed by atoms with Crippen LogP contribution in [0.2, 0.25) is 0 Å². The van der Waals surface area contributed by atoms with E-state index in [0.717, 1.165) is 135 Å². The van der Waals surface area contributed by atoms with Gasteiger partial charge < -0.3 is 14.2 Å². The van der Waals surface area contributed by atoms with Crippen LogP contribution in [-0.2, 0) is 28.6 Å². The number of hydrogen-bond acceptors (Lipinski definition) is 6. The molecule has 0 rings (SSSR count). The van der Waals surface area contributed by atoms with Crippen molar-refractivity contribution in [3.63, 3.8) is 0 Å². The fourth-order valence-electron chi connectivity index (χ4n) is 9.32. The quantitative estimate of drug-likeness (QED) is 0.0261. The zero-order chi connectivity index (χ0) is 59.2. The normalized spacial score (nSPS) is 13.0. The van der Waals surface area contributed by atoms with Gasteiger partial charge in [-0.15, -0.1) is 0 Å². The van der Waals surface area contributed by atoms with E-state index < -0.39 is 6.10 Å². The molecule has 1 atom stereocenters. The van der Waals surface area contributed by atoms with Crippen molar-refractivity contribution in [1.82, 2.24) is 0 Å². The molecule has 6 heteroatoms. The molecule has 0 N–H and O–H groups in total. The lowest BCUT2D eigenvalue weighted by Gasteiger charge is -2.18. The van der Waals surface area contributed by atoms with Crippen LogP contribution in [0, 0.1) is 0 Å². The molecule has 0 aliphatic carbocycles. The lowest BCUT2D eigenvalue weighted by Crippen LogP contribution is -2.30. The maximum Gasteiger partial charge on any atom is 0.306 e. The summed E-state index contributed by atoms with van der Waals surface area (Å²) in [4.78, 5) is 38.4. The highest BCUT2D eigenvalue weighted by molar-refractivity contribution is 5.71. The average molecular weight is 1140 g/mol.